The summed E-state index contributed by atoms with van der Waals surface area (Å²) in [5.41, 5.74) is 5.11. The summed E-state index contributed by atoms with van der Waals surface area (Å²) in [5, 5.41) is 4.05. The molecule has 2 amide bonds. The Balaban J connectivity index is 1.32. The van der Waals surface area contributed by atoms with Gasteiger partial charge in [0, 0.05) is 66.7 Å². The SMILES string of the molecule is COc1ccc2c(c1)C1CC1(C(=O)N1CCCCC1c1nccs1)Cn1c-2c(C2CCCCC2)c2ccc(C(=O)NS(=O)(=O)N(C)C)cc21. The summed E-state index contributed by atoms with van der Waals surface area (Å²) in [5.74, 6) is 0.629. The molecule has 0 radical (unpaired) electrons. The molecule has 2 aliphatic carbocycles. The number of rotatable bonds is 7. The highest BCUT2D eigenvalue weighted by Crippen LogP contribution is 2.66. The van der Waals surface area contributed by atoms with Crippen molar-refractivity contribution in [3.05, 3.63) is 69.7 Å². The molecule has 258 valence electrons. The van der Waals surface area contributed by atoms with Crippen molar-refractivity contribution in [3.63, 3.8) is 0 Å². The molecule has 1 N–H and O–H groups in total. The Morgan fingerprint density at radius 2 is 1.84 bits per heavy atom. The van der Waals surface area contributed by atoms with Crippen LogP contribution in [-0.2, 0) is 21.5 Å². The van der Waals surface area contributed by atoms with Crippen LogP contribution in [0.2, 0.25) is 0 Å². The summed E-state index contributed by atoms with van der Waals surface area (Å²) >= 11 is 1.62. The van der Waals surface area contributed by atoms with Crippen molar-refractivity contribution in [3.8, 4) is 17.0 Å². The van der Waals surface area contributed by atoms with Crippen LogP contribution in [0.25, 0.3) is 22.2 Å². The number of aromatic nitrogens is 2. The normalized spacial score (nSPS) is 23.8. The van der Waals surface area contributed by atoms with E-state index in [0.717, 1.165) is 94.2 Å². The van der Waals surface area contributed by atoms with E-state index in [-0.39, 0.29) is 23.4 Å². The lowest BCUT2D eigenvalue weighted by molar-refractivity contribution is -0.141. The number of ether oxygens (including phenoxy) is 1. The molecule has 2 saturated carbocycles. The Bertz CT molecular complexity index is 2050. The average molecular weight is 702 g/mol. The van der Waals surface area contributed by atoms with Crippen molar-refractivity contribution in [1.82, 2.24) is 23.5 Å². The molecule has 2 aromatic carbocycles. The van der Waals surface area contributed by atoms with Gasteiger partial charge in [-0.05, 0) is 85.9 Å². The van der Waals surface area contributed by atoms with Crippen molar-refractivity contribution in [2.24, 2.45) is 5.41 Å². The van der Waals surface area contributed by atoms with E-state index >= 15 is 4.79 Å². The van der Waals surface area contributed by atoms with Crippen LogP contribution in [0, 0.1) is 5.41 Å². The van der Waals surface area contributed by atoms with Crippen molar-refractivity contribution in [1.29, 1.82) is 0 Å². The number of methoxy groups -OCH3 is 1. The van der Waals surface area contributed by atoms with Gasteiger partial charge in [0.25, 0.3) is 5.91 Å². The molecular weight excluding hydrogens is 659 g/mol. The van der Waals surface area contributed by atoms with Crippen LogP contribution in [0.3, 0.4) is 0 Å². The van der Waals surface area contributed by atoms with E-state index < -0.39 is 21.5 Å². The molecule has 3 fully saturated rings. The third kappa shape index (κ3) is 5.38. The fourth-order valence-electron chi connectivity index (χ4n) is 8.81. The lowest BCUT2D eigenvalue weighted by Gasteiger charge is -2.37. The van der Waals surface area contributed by atoms with Crippen molar-refractivity contribution in [2.75, 3.05) is 27.7 Å². The van der Waals surface area contributed by atoms with E-state index in [9.17, 15) is 13.2 Å². The highest BCUT2D eigenvalue weighted by atomic mass is 32.2. The first-order valence-corrected chi connectivity index (χ1v) is 19.7. The molecule has 3 unspecified atom stereocenters. The first kappa shape index (κ1) is 32.5. The zero-order chi connectivity index (χ0) is 34.1. The van der Waals surface area contributed by atoms with Crippen molar-refractivity contribution >= 4 is 44.3 Å². The number of benzene rings is 2. The van der Waals surface area contributed by atoms with Gasteiger partial charge >= 0.3 is 10.2 Å². The Hall–Kier alpha value is -3.74. The fourth-order valence-corrected chi connectivity index (χ4v) is 10.1. The maximum absolute atomic E-state index is 15.1. The number of nitrogens with one attached hydrogen (secondary N) is 1. The molecule has 0 bridgehead atoms. The van der Waals surface area contributed by atoms with Crippen molar-refractivity contribution in [2.45, 2.75) is 82.2 Å². The van der Waals surface area contributed by atoms with Gasteiger partial charge in [0.1, 0.15) is 10.8 Å². The molecule has 12 heteroatoms. The quantitative estimate of drug-likeness (QED) is 0.233. The molecule has 4 aromatic rings. The minimum absolute atomic E-state index is 0.0230. The van der Waals surface area contributed by atoms with E-state index in [2.05, 4.69) is 31.3 Å². The smallest absolute Gasteiger partial charge is 0.303 e. The second kappa shape index (κ2) is 12.2. The molecule has 4 heterocycles. The maximum Gasteiger partial charge on any atom is 0.303 e. The summed E-state index contributed by atoms with van der Waals surface area (Å²) in [6, 6.07) is 11.8. The number of hydrogen-bond donors (Lipinski definition) is 1. The van der Waals surface area contributed by atoms with E-state index in [1.54, 1.807) is 24.5 Å². The number of thiazole rings is 1. The van der Waals surface area contributed by atoms with Crippen LogP contribution < -0.4 is 9.46 Å². The molecule has 1 saturated heterocycles. The zero-order valence-electron chi connectivity index (χ0n) is 28.3. The van der Waals surface area contributed by atoms with Gasteiger partial charge < -0.3 is 14.2 Å². The third-order valence-electron chi connectivity index (χ3n) is 11.4. The van der Waals surface area contributed by atoms with Gasteiger partial charge in [0.2, 0.25) is 5.91 Å². The first-order chi connectivity index (χ1) is 23.6. The Morgan fingerprint density at radius 1 is 1.04 bits per heavy atom. The van der Waals surface area contributed by atoms with Crippen LogP contribution >= 0.6 is 11.3 Å². The van der Waals surface area contributed by atoms with Gasteiger partial charge in [-0.25, -0.2) is 9.71 Å². The van der Waals surface area contributed by atoms with Crippen molar-refractivity contribution < 1.29 is 22.7 Å². The van der Waals surface area contributed by atoms with E-state index in [1.807, 2.05) is 29.8 Å². The van der Waals surface area contributed by atoms with Crippen LogP contribution in [0.1, 0.15) is 102 Å². The largest absolute Gasteiger partial charge is 0.497 e. The zero-order valence-corrected chi connectivity index (χ0v) is 29.9. The van der Waals surface area contributed by atoms with Gasteiger partial charge in [0.15, 0.2) is 0 Å². The number of likely N-dealkylation sites (tertiary alicyclic amines) is 1. The number of hydrogen-bond acceptors (Lipinski definition) is 7. The maximum atomic E-state index is 15.1. The van der Waals surface area contributed by atoms with Crippen LogP contribution in [0.4, 0.5) is 0 Å². The van der Waals surface area contributed by atoms with E-state index in [4.69, 9.17) is 4.74 Å². The molecular formula is C37H43N5O5S2. The summed E-state index contributed by atoms with van der Waals surface area (Å²) in [6.45, 7) is 1.19. The van der Waals surface area contributed by atoms with Gasteiger partial charge in [0.05, 0.1) is 24.3 Å². The second-order valence-electron chi connectivity index (χ2n) is 14.4. The highest BCUT2D eigenvalue weighted by molar-refractivity contribution is 7.87. The van der Waals surface area contributed by atoms with E-state index in [1.165, 1.54) is 26.1 Å². The second-order valence-corrected chi connectivity index (χ2v) is 17.2. The number of fused-ring (bicyclic) bond motifs is 7. The van der Waals surface area contributed by atoms with Gasteiger partial charge in [-0.3, -0.25) is 9.59 Å². The Morgan fingerprint density at radius 3 is 2.57 bits per heavy atom. The lowest BCUT2D eigenvalue weighted by atomic mass is 9.81. The van der Waals surface area contributed by atoms with E-state index in [0.29, 0.717) is 19.0 Å². The topological polar surface area (TPSA) is 114 Å². The first-order valence-electron chi connectivity index (χ1n) is 17.4. The van der Waals surface area contributed by atoms with Gasteiger partial charge in [-0.2, -0.15) is 12.7 Å². The molecule has 2 aliphatic heterocycles. The number of carbonyl (C=O) groups is 2. The molecule has 2 aromatic heterocycles. The molecule has 8 rings (SSSR count). The minimum Gasteiger partial charge on any atom is -0.497 e. The Labute approximate surface area is 291 Å². The summed E-state index contributed by atoms with van der Waals surface area (Å²) < 4.78 is 36.5. The summed E-state index contributed by atoms with van der Waals surface area (Å²) in [7, 11) is 0.480. The number of nitrogens with zero attached hydrogens (tertiary/aromatic N) is 4. The molecule has 4 aliphatic rings. The standard InChI is InChI=1S/C37H43N5O5S2/c1-40(2)49(45,46)39-34(43)24-12-14-27-31(19-24)42-22-37(36(44)41-17-8-7-11-30(41)35-38-16-18-48-35)21-29(37)28-20-25(47-3)13-15-26(28)33(42)32(27)23-9-5-4-6-10-23/h12-16,18-20,23,29-30H,4-11,17,21-22H2,1-3H3,(H,39,43). The molecule has 3 atom stereocenters. The fraction of sp³-hybridized carbons (Fsp3) is 0.486. The minimum atomic E-state index is -3.98. The Kier molecular flexibility index (Phi) is 8.11. The van der Waals surface area contributed by atoms with Crippen LogP contribution in [0.5, 0.6) is 5.75 Å². The van der Waals surface area contributed by atoms with Gasteiger partial charge in [-0.15, -0.1) is 11.3 Å². The highest BCUT2D eigenvalue weighted by Gasteiger charge is 2.64. The van der Waals surface area contributed by atoms with Crippen LogP contribution in [0.15, 0.2) is 48.0 Å². The third-order valence-corrected chi connectivity index (χ3v) is 13.7. The number of carbonyl (C=O) groups excluding carboxylic acids is 2. The van der Waals surface area contributed by atoms with Crippen LogP contribution in [-0.4, -0.2) is 66.7 Å². The predicted molar refractivity (Wildman–Crippen MR) is 190 cm³/mol. The average Bonchev–Trinajstić information content (AvgIpc) is 3.45. The molecule has 0 spiro atoms. The predicted octanol–water partition coefficient (Wildman–Crippen LogP) is 6.60. The summed E-state index contributed by atoms with van der Waals surface area (Å²) in [6.07, 6.45) is 11.2. The summed E-state index contributed by atoms with van der Waals surface area (Å²) in [4.78, 5) is 35.3. The molecule has 49 heavy (non-hydrogen) atoms. The lowest BCUT2D eigenvalue weighted by Crippen LogP contribution is -2.44. The van der Waals surface area contributed by atoms with Gasteiger partial charge in [-0.1, -0.05) is 25.3 Å². The monoisotopic (exact) mass is 701 g/mol. The number of piperidine rings is 1. The number of amides is 2. The molecule has 10 nitrogen and oxygen atoms in total.